The summed E-state index contributed by atoms with van der Waals surface area (Å²) < 4.78 is 11.5. The molecule has 0 amide bonds. The van der Waals surface area contributed by atoms with E-state index in [0.717, 1.165) is 44.4 Å². The zero-order chi connectivity index (χ0) is 41.8. The zero-order valence-electron chi connectivity index (χ0n) is 35.5. The fourth-order valence-corrected chi connectivity index (χ4v) is 10.3. The number of furan rings is 1. The van der Waals surface area contributed by atoms with Crippen LogP contribution in [0.4, 0.5) is 0 Å². The standard InChI is InChI=1S/C54H39B5N2O/c55-50-49(51(56)53(58)54(59)52(50)57)34-24-33(25-36(26-34)61-44-16-8-4-12-37(44)38-13-5-9-17-45(38)61)31-19-22-47-41(27-31)42-29-35(20-23-48(42)62-47)60-43-15-7-6-14-39(43)40-21-18-32(28-46(40)60)30-10-2-1-3-11-30/h1-29H,55-59H2. The number of benzene rings is 9. The third-order valence-corrected chi connectivity index (χ3v) is 13.9. The smallest absolute Gasteiger partial charge is 0.139 e. The van der Waals surface area contributed by atoms with E-state index in [9.17, 15) is 0 Å². The molecule has 0 aliphatic carbocycles. The molecule has 0 fully saturated rings. The maximum Gasteiger partial charge on any atom is 0.139 e. The second-order valence-electron chi connectivity index (χ2n) is 17.1. The molecule has 3 aromatic heterocycles. The molecule has 0 aliphatic rings. The van der Waals surface area contributed by atoms with Crippen LogP contribution in [-0.4, -0.2) is 48.4 Å². The molecule has 0 spiro atoms. The third-order valence-electron chi connectivity index (χ3n) is 13.9. The van der Waals surface area contributed by atoms with Gasteiger partial charge in [-0.1, -0.05) is 114 Å². The Morgan fingerprint density at radius 2 is 0.774 bits per heavy atom. The minimum absolute atomic E-state index is 0.878. The average molecular weight is 786 g/mol. The normalized spacial score (nSPS) is 11.9. The lowest BCUT2D eigenvalue weighted by Crippen LogP contribution is -2.55. The highest BCUT2D eigenvalue weighted by Crippen LogP contribution is 2.40. The molecular weight excluding hydrogens is 747 g/mol. The van der Waals surface area contributed by atoms with Crippen molar-refractivity contribution in [2.75, 3.05) is 0 Å². The highest BCUT2D eigenvalue weighted by Gasteiger charge is 2.20. The van der Waals surface area contributed by atoms with E-state index in [1.165, 1.54) is 93.2 Å². The molecule has 62 heavy (non-hydrogen) atoms. The van der Waals surface area contributed by atoms with Crippen LogP contribution in [0, 0.1) is 0 Å². The van der Waals surface area contributed by atoms with Gasteiger partial charge in [0.25, 0.3) is 0 Å². The number of hydrogen-bond donors (Lipinski definition) is 0. The van der Waals surface area contributed by atoms with Gasteiger partial charge in [-0.05, 0) is 106 Å². The Bertz CT molecular complexity index is 3740. The molecule has 0 unspecified atom stereocenters. The molecule has 0 saturated carbocycles. The first kappa shape index (κ1) is 36.5. The van der Waals surface area contributed by atoms with Crippen LogP contribution in [0.1, 0.15) is 0 Å². The second kappa shape index (κ2) is 13.9. The van der Waals surface area contributed by atoms with Crippen molar-refractivity contribution in [2.45, 2.75) is 0 Å². The molecule has 0 bridgehead atoms. The summed E-state index contributed by atoms with van der Waals surface area (Å²) in [6, 6.07) is 64.4. The Morgan fingerprint density at radius 3 is 1.42 bits per heavy atom. The van der Waals surface area contributed by atoms with E-state index in [4.69, 9.17) is 4.42 Å². The number of fused-ring (bicyclic) bond motifs is 9. The minimum Gasteiger partial charge on any atom is -0.456 e. The van der Waals surface area contributed by atoms with Crippen molar-refractivity contribution in [3.63, 3.8) is 0 Å². The summed E-state index contributed by atoms with van der Waals surface area (Å²) in [5.74, 6) is 0. The lowest BCUT2D eigenvalue weighted by Gasteiger charge is -2.22. The Morgan fingerprint density at radius 1 is 0.290 bits per heavy atom. The minimum atomic E-state index is 0.878. The monoisotopic (exact) mass is 786 g/mol. The highest BCUT2D eigenvalue weighted by atomic mass is 16.3. The van der Waals surface area contributed by atoms with Crippen LogP contribution in [0.25, 0.3) is 110 Å². The van der Waals surface area contributed by atoms with Crippen molar-refractivity contribution in [2.24, 2.45) is 0 Å². The van der Waals surface area contributed by atoms with E-state index < -0.39 is 0 Å². The summed E-state index contributed by atoms with van der Waals surface area (Å²) in [6.45, 7) is 0. The van der Waals surface area contributed by atoms with Crippen molar-refractivity contribution in [3.05, 3.63) is 176 Å². The van der Waals surface area contributed by atoms with Gasteiger partial charge < -0.3 is 13.6 Å². The van der Waals surface area contributed by atoms with Gasteiger partial charge in [0, 0.05) is 43.7 Å². The largest absolute Gasteiger partial charge is 0.456 e. The summed E-state index contributed by atoms with van der Waals surface area (Å²) in [4.78, 5) is 0. The maximum absolute atomic E-state index is 6.60. The van der Waals surface area contributed by atoms with Crippen LogP contribution in [0.15, 0.2) is 180 Å². The molecule has 9 aromatic carbocycles. The second-order valence-corrected chi connectivity index (χ2v) is 17.1. The third kappa shape index (κ3) is 5.46. The van der Waals surface area contributed by atoms with Crippen LogP contribution in [0.3, 0.4) is 0 Å². The first-order valence-corrected chi connectivity index (χ1v) is 21.6. The lowest BCUT2D eigenvalue weighted by molar-refractivity contribution is 0.669. The van der Waals surface area contributed by atoms with Gasteiger partial charge in [-0.25, -0.2) is 0 Å². The van der Waals surface area contributed by atoms with Crippen molar-refractivity contribution in [3.8, 4) is 44.8 Å². The summed E-state index contributed by atoms with van der Waals surface area (Å²) >= 11 is 0. The summed E-state index contributed by atoms with van der Waals surface area (Å²) in [5.41, 5.74) is 22.8. The van der Waals surface area contributed by atoms with Crippen molar-refractivity contribution < 1.29 is 4.42 Å². The molecule has 12 aromatic rings. The van der Waals surface area contributed by atoms with Crippen molar-refractivity contribution in [1.82, 2.24) is 9.13 Å². The fraction of sp³-hybridized carbons (Fsp3) is 0. The predicted octanol–water partition coefficient (Wildman–Crippen LogP) is 6.07. The molecule has 0 radical (unpaired) electrons. The van der Waals surface area contributed by atoms with Gasteiger partial charge in [0.15, 0.2) is 0 Å². The van der Waals surface area contributed by atoms with Crippen molar-refractivity contribution >= 4 is 132 Å². The van der Waals surface area contributed by atoms with Crippen LogP contribution in [0.2, 0.25) is 0 Å². The molecule has 8 heteroatoms. The molecule has 286 valence electrons. The van der Waals surface area contributed by atoms with Crippen molar-refractivity contribution in [1.29, 1.82) is 0 Å². The SMILES string of the molecule is Bc1c(B)c(B)c(-c2cc(-c3ccc4oc5ccc(-n6c7ccccc7c7ccc(-c8ccccc8)cc76)cc5c4c3)cc(-n3c4ccccc4c4ccccc43)c2)c(B)c1B. The number of aromatic nitrogens is 2. The van der Waals surface area contributed by atoms with Gasteiger partial charge in [-0.2, -0.15) is 0 Å². The van der Waals surface area contributed by atoms with Gasteiger partial charge in [0.1, 0.15) is 50.4 Å². The van der Waals surface area contributed by atoms with E-state index >= 15 is 0 Å². The Balaban J connectivity index is 1.08. The van der Waals surface area contributed by atoms with Crippen LogP contribution < -0.4 is 27.3 Å². The first-order chi connectivity index (χ1) is 30.3. The van der Waals surface area contributed by atoms with Crippen LogP contribution in [0.5, 0.6) is 0 Å². The van der Waals surface area contributed by atoms with Gasteiger partial charge in [-0.3, -0.25) is 0 Å². The molecule has 12 rings (SSSR count). The van der Waals surface area contributed by atoms with E-state index in [-0.39, 0.29) is 0 Å². The number of para-hydroxylation sites is 3. The molecule has 0 atom stereocenters. The van der Waals surface area contributed by atoms with Gasteiger partial charge in [0.05, 0.1) is 22.1 Å². The van der Waals surface area contributed by atoms with Gasteiger partial charge >= 0.3 is 0 Å². The first-order valence-electron chi connectivity index (χ1n) is 21.6. The molecular formula is C54H39B5N2O. The van der Waals surface area contributed by atoms with E-state index in [1.807, 2.05) is 0 Å². The van der Waals surface area contributed by atoms with E-state index in [0.29, 0.717) is 0 Å². The predicted molar refractivity (Wildman–Crippen MR) is 280 cm³/mol. The van der Waals surface area contributed by atoms with Gasteiger partial charge in [0.2, 0.25) is 0 Å². The maximum atomic E-state index is 6.60. The summed E-state index contributed by atoms with van der Waals surface area (Å²) in [7, 11) is 11.4. The molecule has 0 saturated heterocycles. The molecule has 3 heterocycles. The average Bonchev–Trinajstić information content (AvgIpc) is 3.97. The van der Waals surface area contributed by atoms with E-state index in [2.05, 4.69) is 224 Å². The molecule has 3 nitrogen and oxygen atoms in total. The Hall–Kier alpha value is -7.30. The van der Waals surface area contributed by atoms with Crippen LogP contribution >= 0.6 is 0 Å². The Kier molecular flexibility index (Phi) is 8.18. The fourth-order valence-electron chi connectivity index (χ4n) is 10.3. The molecule has 0 aliphatic heterocycles. The van der Waals surface area contributed by atoms with Gasteiger partial charge in [-0.15, -0.1) is 16.4 Å². The summed E-state index contributed by atoms with van der Waals surface area (Å²) in [5, 5.41) is 7.19. The number of nitrogens with zero attached hydrogens (tertiary/aromatic N) is 2. The summed E-state index contributed by atoms with van der Waals surface area (Å²) in [6.07, 6.45) is 0. The lowest BCUT2D eigenvalue weighted by atomic mass is 9.59. The number of hydrogen-bond acceptors (Lipinski definition) is 1. The highest BCUT2D eigenvalue weighted by molar-refractivity contribution is 6.68. The Labute approximate surface area is 364 Å². The van der Waals surface area contributed by atoms with E-state index in [1.54, 1.807) is 0 Å². The van der Waals surface area contributed by atoms with Crippen LogP contribution in [-0.2, 0) is 0 Å². The zero-order valence-corrected chi connectivity index (χ0v) is 35.5. The molecule has 0 N–H and O–H groups in total. The quantitative estimate of drug-likeness (QED) is 0.195. The topological polar surface area (TPSA) is 23.0 Å². The number of rotatable bonds is 5.